The first-order valence-electron chi connectivity index (χ1n) is 7.23. The molecule has 110 valence electrons. The van der Waals surface area contributed by atoms with Crippen molar-refractivity contribution in [2.75, 3.05) is 0 Å². The topological polar surface area (TPSA) is 34.1 Å². The van der Waals surface area contributed by atoms with E-state index in [0.717, 1.165) is 22.3 Å². The molecule has 0 saturated carbocycles. The number of carbonyl (C=O) groups is 2. The van der Waals surface area contributed by atoms with Crippen LogP contribution < -0.4 is 0 Å². The molecule has 0 aromatic heterocycles. The van der Waals surface area contributed by atoms with Gasteiger partial charge in [-0.3, -0.25) is 9.59 Å². The van der Waals surface area contributed by atoms with Gasteiger partial charge in [0.05, 0.1) is 0 Å². The highest BCUT2D eigenvalue weighted by molar-refractivity contribution is 6.53. The van der Waals surface area contributed by atoms with Gasteiger partial charge in [-0.2, -0.15) is 0 Å². The van der Waals surface area contributed by atoms with Crippen LogP contribution in [-0.4, -0.2) is 11.6 Å². The van der Waals surface area contributed by atoms with E-state index in [4.69, 9.17) is 11.6 Å². The van der Waals surface area contributed by atoms with Gasteiger partial charge in [0.25, 0.3) is 0 Å². The Hall–Kier alpha value is -2.71. The number of hydrogen-bond donors (Lipinski definition) is 0. The van der Waals surface area contributed by atoms with Crippen LogP contribution in [0.25, 0.3) is 22.3 Å². The molecule has 3 heteroatoms. The van der Waals surface area contributed by atoms with Crippen molar-refractivity contribution < 1.29 is 9.59 Å². The summed E-state index contributed by atoms with van der Waals surface area (Å²) in [4.78, 5) is 24.8. The van der Waals surface area contributed by atoms with Gasteiger partial charge in [0.15, 0.2) is 0 Å². The molecule has 0 fully saturated rings. The molecule has 0 N–H and O–H groups in total. The summed E-state index contributed by atoms with van der Waals surface area (Å²) in [6, 6.07) is 20.3. The maximum atomic E-state index is 12.4. The van der Waals surface area contributed by atoms with Crippen LogP contribution in [0.2, 0.25) is 5.02 Å². The molecule has 0 amide bonds. The van der Waals surface area contributed by atoms with E-state index in [0.29, 0.717) is 16.1 Å². The molecule has 23 heavy (non-hydrogen) atoms. The summed E-state index contributed by atoms with van der Waals surface area (Å²) in [5.74, 6) is -0.893. The lowest BCUT2D eigenvalue weighted by Gasteiger charge is -2.18. The van der Waals surface area contributed by atoms with Crippen molar-refractivity contribution in [1.29, 1.82) is 0 Å². The first kappa shape index (κ1) is 13.9. The molecule has 4 rings (SSSR count). The molecule has 1 aliphatic rings. The van der Waals surface area contributed by atoms with Crippen molar-refractivity contribution >= 4 is 23.2 Å². The monoisotopic (exact) mass is 318 g/mol. The number of benzene rings is 3. The van der Waals surface area contributed by atoms with Crippen LogP contribution in [0.1, 0.15) is 20.7 Å². The SMILES string of the molecule is O=C1C(=O)c2cc(-c3ccc(Cl)cc3)ccc2-c2ccccc21. The number of fused-ring (bicyclic) bond motifs is 3. The zero-order valence-corrected chi connectivity index (χ0v) is 12.8. The summed E-state index contributed by atoms with van der Waals surface area (Å²) in [6.07, 6.45) is 0. The molecular weight excluding hydrogens is 308 g/mol. The maximum absolute atomic E-state index is 12.4. The minimum atomic E-state index is -0.450. The lowest BCUT2D eigenvalue weighted by atomic mass is 9.82. The van der Waals surface area contributed by atoms with E-state index < -0.39 is 11.6 Å². The fraction of sp³-hybridized carbons (Fsp3) is 0. The molecular formula is C20H11ClO2. The van der Waals surface area contributed by atoms with Crippen LogP contribution in [-0.2, 0) is 0 Å². The van der Waals surface area contributed by atoms with Crippen LogP contribution >= 0.6 is 11.6 Å². The quantitative estimate of drug-likeness (QED) is 0.588. The van der Waals surface area contributed by atoms with Crippen LogP contribution in [0.4, 0.5) is 0 Å². The Balaban J connectivity index is 1.92. The first-order valence-corrected chi connectivity index (χ1v) is 7.61. The van der Waals surface area contributed by atoms with Gasteiger partial charge in [0.2, 0.25) is 11.6 Å². The van der Waals surface area contributed by atoms with Crippen LogP contribution in [0.3, 0.4) is 0 Å². The Morgan fingerprint density at radius 1 is 0.565 bits per heavy atom. The molecule has 3 aromatic rings. The summed E-state index contributed by atoms with van der Waals surface area (Å²) in [5, 5.41) is 0.659. The lowest BCUT2D eigenvalue weighted by molar-refractivity contribution is 0.0815. The molecule has 0 saturated heterocycles. The number of hydrogen-bond acceptors (Lipinski definition) is 2. The smallest absolute Gasteiger partial charge is 0.234 e. The fourth-order valence-corrected chi connectivity index (χ4v) is 3.08. The van der Waals surface area contributed by atoms with E-state index in [9.17, 15) is 9.59 Å². The zero-order chi connectivity index (χ0) is 16.0. The minimum absolute atomic E-state index is 0.443. The predicted molar refractivity (Wildman–Crippen MR) is 91.0 cm³/mol. The summed E-state index contributed by atoms with van der Waals surface area (Å²) in [7, 11) is 0. The largest absolute Gasteiger partial charge is 0.285 e. The first-order chi connectivity index (χ1) is 11.1. The number of Topliss-reactive ketones (excluding diaryl/α,β-unsaturated/α-hetero) is 2. The van der Waals surface area contributed by atoms with Crippen LogP contribution in [0.15, 0.2) is 66.7 Å². The second-order valence-electron chi connectivity index (χ2n) is 5.47. The molecule has 3 aromatic carbocycles. The molecule has 0 unspecified atom stereocenters. The zero-order valence-electron chi connectivity index (χ0n) is 12.0. The maximum Gasteiger partial charge on any atom is 0.234 e. The molecule has 2 nitrogen and oxygen atoms in total. The van der Waals surface area contributed by atoms with Gasteiger partial charge in [0, 0.05) is 16.1 Å². The van der Waals surface area contributed by atoms with E-state index in [1.54, 1.807) is 30.3 Å². The fourth-order valence-electron chi connectivity index (χ4n) is 2.95. The van der Waals surface area contributed by atoms with Crippen LogP contribution in [0, 0.1) is 0 Å². The van der Waals surface area contributed by atoms with Gasteiger partial charge >= 0.3 is 0 Å². The second-order valence-corrected chi connectivity index (χ2v) is 5.91. The Kier molecular flexibility index (Phi) is 3.14. The summed E-state index contributed by atoms with van der Waals surface area (Å²) >= 11 is 5.91. The second kappa shape index (κ2) is 5.18. The minimum Gasteiger partial charge on any atom is -0.285 e. The average Bonchev–Trinajstić information content (AvgIpc) is 2.60. The lowest BCUT2D eigenvalue weighted by Crippen LogP contribution is -2.21. The molecule has 0 heterocycles. The summed E-state index contributed by atoms with van der Waals surface area (Å²) < 4.78 is 0. The van der Waals surface area contributed by atoms with Gasteiger partial charge in [-0.1, -0.05) is 60.1 Å². The Labute approximate surface area is 138 Å². The standard InChI is InChI=1S/C20H11ClO2/c21-14-8-5-12(6-9-14)13-7-10-16-15-3-1-2-4-17(15)19(22)20(23)18(16)11-13/h1-11H. The predicted octanol–water partition coefficient (Wildman–Crippen LogP) is 5.05. The number of rotatable bonds is 1. The summed E-state index contributed by atoms with van der Waals surface area (Å²) in [5.41, 5.74) is 4.40. The number of carbonyl (C=O) groups excluding carboxylic acids is 2. The Morgan fingerprint density at radius 3 is 1.87 bits per heavy atom. The molecule has 1 aliphatic carbocycles. The third-order valence-corrected chi connectivity index (χ3v) is 4.36. The van der Waals surface area contributed by atoms with E-state index in [2.05, 4.69) is 0 Å². The Bertz CT molecular complexity index is 956. The van der Waals surface area contributed by atoms with Gasteiger partial charge in [-0.15, -0.1) is 0 Å². The molecule has 0 aliphatic heterocycles. The van der Waals surface area contributed by atoms with E-state index in [1.807, 2.05) is 36.4 Å². The highest BCUT2D eigenvalue weighted by Crippen LogP contribution is 2.35. The van der Waals surface area contributed by atoms with Crippen molar-refractivity contribution in [2.24, 2.45) is 0 Å². The molecule has 0 spiro atoms. The number of halogens is 1. The molecule has 0 radical (unpaired) electrons. The van der Waals surface area contributed by atoms with E-state index in [-0.39, 0.29) is 0 Å². The number of ketones is 2. The van der Waals surface area contributed by atoms with Crippen molar-refractivity contribution in [1.82, 2.24) is 0 Å². The highest BCUT2D eigenvalue weighted by Gasteiger charge is 2.30. The summed E-state index contributed by atoms with van der Waals surface area (Å²) in [6.45, 7) is 0. The molecule has 0 bridgehead atoms. The van der Waals surface area contributed by atoms with Gasteiger partial charge in [-0.05, 0) is 40.5 Å². The highest BCUT2D eigenvalue weighted by atomic mass is 35.5. The van der Waals surface area contributed by atoms with Crippen molar-refractivity contribution in [2.45, 2.75) is 0 Å². The van der Waals surface area contributed by atoms with Crippen molar-refractivity contribution in [3.63, 3.8) is 0 Å². The van der Waals surface area contributed by atoms with Crippen molar-refractivity contribution in [3.8, 4) is 22.3 Å². The Morgan fingerprint density at radius 2 is 1.13 bits per heavy atom. The van der Waals surface area contributed by atoms with Crippen molar-refractivity contribution in [3.05, 3.63) is 82.9 Å². The third kappa shape index (κ3) is 2.19. The van der Waals surface area contributed by atoms with Gasteiger partial charge in [0.1, 0.15) is 0 Å². The van der Waals surface area contributed by atoms with Gasteiger partial charge in [-0.25, -0.2) is 0 Å². The average molecular weight is 319 g/mol. The third-order valence-electron chi connectivity index (χ3n) is 4.11. The van der Waals surface area contributed by atoms with Gasteiger partial charge < -0.3 is 0 Å². The van der Waals surface area contributed by atoms with E-state index in [1.165, 1.54) is 0 Å². The molecule has 0 atom stereocenters. The normalized spacial score (nSPS) is 12.7. The van der Waals surface area contributed by atoms with E-state index >= 15 is 0 Å². The van der Waals surface area contributed by atoms with Crippen LogP contribution in [0.5, 0.6) is 0 Å².